The molecule has 1 saturated heterocycles. The average Bonchev–Trinajstić information content (AvgIpc) is 3.61. The average molecular weight is 452 g/mol. The molecule has 4 heterocycles. The molecule has 2 fully saturated rings. The maximum absolute atomic E-state index is 4.86. The number of tetrazole rings is 1. The Kier molecular flexibility index (Phi) is 5.17. The van der Waals surface area contributed by atoms with Gasteiger partial charge in [-0.1, -0.05) is 42.4 Å². The molecular formula is C22H25N7S2. The Labute approximate surface area is 189 Å². The molecule has 1 aliphatic carbocycles. The highest BCUT2D eigenvalue weighted by Crippen LogP contribution is 2.36. The van der Waals surface area contributed by atoms with Crippen LogP contribution < -0.4 is 4.90 Å². The van der Waals surface area contributed by atoms with E-state index in [0.717, 1.165) is 42.7 Å². The predicted molar refractivity (Wildman–Crippen MR) is 125 cm³/mol. The molecule has 1 atom stereocenters. The van der Waals surface area contributed by atoms with E-state index >= 15 is 0 Å². The van der Waals surface area contributed by atoms with Crippen molar-refractivity contribution < 1.29 is 0 Å². The summed E-state index contributed by atoms with van der Waals surface area (Å²) in [7, 11) is 0. The maximum atomic E-state index is 4.86. The fraction of sp³-hybridized carbons (Fsp3) is 0.455. The topological polar surface area (TPSA) is 63.0 Å². The van der Waals surface area contributed by atoms with E-state index in [1.807, 2.05) is 0 Å². The summed E-state index contributed by atoms with van der Waals surface area (Å²) in [6.07, 6.45) is 4.91. The first kappa shape index (κ1) is 19.3. The summed E-state index contributed by atoms with van der Waals surface area (Å²) < 4.78 is 3.38. The zero-order valence-corrected chi connectivity index (χ0v) is 18.9. The summed E-state index contributed by atoms with van der Waals surface area (Å²) >= 11 is 3.59. The molecule has 4 aromatic rings. The van der Waals surface area contributed by atoms with E-state index in [1.54, 1.807) is 22.7 Å². The minimum absolute atomic E-state index is 0.119. The lowest BCUT2D eigenvalue weighted by molar-refractivity contribution is 0.200. The van der Waals surface area contributed by atoms with Crippen LogP contribution in [-0.4, -0.2) is 56.3 Å². The second-order valence-corrected chi connectivity index (χ2v) is 10.3. The van der Waals surface area contributed by atoms with Crippen molar-refractivity contribution in [1.29, 1.82) is 0 Å². The number of para-hydroxylation sites is 1. The number of hydrogen-bond acceptors (Lipinski definition) is 8. The van der Waals surface area contributed by atoms with E-state index in [9.17, 15) is 0 Å². The van der Waals surface area contributed by atoms with Crippen molar-refractivity contribution in [3.05, 3.63) is 52.5 Å². The van der Waals surface area contributed by atoms with Gasteiger partial charge < -0.3 is 4.90 Å². The van der Waals surface area contributed by atoms with Crippen molar-refractivity contribution in [2.24, 2.45) is 0 Å². The highest BCUT2D eigenvalue weighted by Gasteiger charge is 2.34. The first-order chi connectivity index (χ1) is 15.4. The van der Waals surface area contributed by atoms with Gasteiger partial charge in [-0.25, -0.2) is 9.67 Å². The van der Waals surface area contributed by atoms with Gasteiger partial charge >= 0.3 is 0 Å². The van der Waals surface area contributed by atoms with Gasteiger partial charge in [-0.15, -0.1) is 16.4 Å². The van der Waals surface area contributed by atoms with E-state index in [1.165, 1.54) is 35.3 Å². The third kappa shape index (κ3) is 3.64. The van der Waals surface area contributed by atoms with E-state index in [2.05, 4.69) is 71.8 Å². The monoisotopic (exact) mass is 451 g/mol. The second-order valence-electron chi connectivity index (χ2n) is 8.33. The van der Waals surface area contributed by atoms with Crippen LogP contribution in [0, 0.1) is 0 Å². The van der Waals surface area contributed by atoms with Crippen LogP contribution in [0.25, 0.3) is 10.2 Å². The number of nitrogens with zero attached hydrogens (tertiary/aromatic N) is 7. The Bertz CT molecular complexity index is 1100. The number of rotatable bonds is 5. The standard InChI is InChI=1S/C22H25N7S2/c1-2-7-16(6-1)29-21(24-25-26-29)20(19-10-5-15-30-19)27-11-13-28(14-12-27)22-23-17-8-3-4-9-18(17)31-22/h3-5,8-10,15-16,20H,1-2,6-7,11-14H2. The number of fused-ring (bicyclic) bond motifs is 1. The first-order valence-electron chi connectivity index (χ1n) is 11.0. The number of piperazine rings is 1. The molecule has 2 aliphatic rings. The Morgan fingerprint density at radius 1 is 0.968 bits per heavy atom. The lowest BCUT2D eigenvalue weighted by Crippen LogP contribution is -2.48. The molecular weight excluding hydrogens is 426 g/mol. The van der Waals surface area contributed by atoms with Crippen LogP contribution in [0.1, 0.15) is 48.5 Å². The smallest absolute Gasteiger partial charge is 0.186 e. The summed E-state index contributed by atoms with van der Waals surface area (Å²) in [5.74, 6) is 1.00. The van der Waals surface area contributed by atoms with Crippen LogP contribution in [0.4, 0.5) is 5.13 Å². The van der Waals surface area contributed by atoms with Gasteiger partial charge in [0.1, 0.15) is 6.04 Å². The van der Waals surface area contributed by atoms with Gasteiger partial charge in [-0.3, -0.25) is 4.90 Å². The van der Waals surface area contributed by atoms with E-state index in [-0.39, 0.29) is 6.04 Å². The SMILES string of the molecule is c1csc(C(c2nnnn2C2CCCC2)N2CCN(c3nc4ccccc4s3)CC2)c1. The number of thiazole rings is 1. The molecule has 160 valence electrons. The van der Waals surface area contributed by atoms with Crippen molar-refractivity contribution in [3.63, 3.8) is 0 Å². The molecule has 1 aliphatic heterocycles. The number of benzene rings is 1. The fourth-order valence-corrected chi connectivity index (χ4v) is 6.75. The van der Waals surface area contributed by atoms with Gasteiger partial charge in [0.15, 0.2) is 11.0 Å². The van der Waals surface area contributed by atoms with Crippen LogP contribution in [0.15, 0.2) is 41.8 Å². The lowest BCUT2D eigenvalue weighted by Gasteiger charge is -2.38. The largest absolute Gasteiger partial charge is 0.345 e. The highest BCUT2D eigenvalue weighted by atomic mass is 32.1. The molecule has 0 amide bonds. The van der Waals surface area contributed by atoms with Crippen LogP contribution in [0.3, 0.4) is 0 Å². The van der Waals surface area contributed by atoms with E-state index in [0.29, 0.717) is 6.04 Å². The Hall–Kier alpha value is -2.36. The van der Waals surface area contributed by atoms with Crippen molar-refractivity contribution in [3.8, 4) is 0 Å². The number of anilines is 1. The fourth-order valence-electron chi connectivity index (χ4n) is 4.87. The number of hydrogen-bond donors (Lipinski definition) is 0. The molecule has 0 bridgehead atoms. The number of thiophene rings is 1. The van der Waals surface area contributed by atoms with E-state index < -0.39 is 0 Å². The van der Waals surface area contributed by atoms with Gasteiger partial charge in [0.2, 0.25) is 0 Å². The van der Waals surface area contributed by atoms with Crippen molar-refractivity contribution in [1.82, 2.24) is 30.1 Å². The quantitative estimate of drug-likeness (QED) is 0.449. The van der Waals surface area contributed by atoms with Crippen molar-refractivity contribution in [2.45, 2.75) is 37.8 Å². The van der Waals surface area contributed by atoms with Crippen molar-refractivity contribution >= 4 is 38.0 Å². The molecule has 1 unspecified atom stereocenters. The van der Waals surface area contributed by atoms with E-state index in [4.69, 9.17) is 4.98 Å². The molecule has 1 saturated carbocycles. The maximum Gasteiger partial charge on any atom is 0.186 e. The Morgan fingerprint density at radius 2 is 1.81 bits per heavy atom. The molecule has 7 nitrogen and oxygen atoms in total. The molecule has 3 aromatic heterocycles. The Morgan fingerprint density at radius 3 is 2.58 bits per heavy atom. The van der Waals surface area contributed by atoms with Gasteiger partial charge in [-0.2, -0.15) is 0 Å². The molecule has 31 heavy (non-hydrogen) atoms. The lowest BCUT2D eigenvalue weighted by atomic mass is 10.1. The third-order valence-corrected chi connectivity index (χ3v) is 8.50. The third-order valence-electron chi connectivity index (χ3n) is 6.48. The second kappa shape index (κ2) is 8.29. The summed E-state index contributed by atoms with van der Waals surface area (Å²) in [6.45, 7) is 3.87. The summed E-state index contributed by atoms with van der Waals surface area (Å²) in [5.41, 5.74) is 1.09. The summed E-state index contributed by atoms with van der Waals surface area (Å²) in [6, 6.07) is 13.3. The molecule has 1 aromatic carbocycles. The molecule has 6 rings (SSSR count). The van der Waals surface area contributed by atoms with Crippen LogP contribution >= 0.6 is 22.7 Å². The van der Waals surface area contributed by atoms with Crippen LogP contribution in [-0.2, 0) is 0 Å². The summed E-state index contributed by atoms with van der Waals surface area (Å²) in [5, 5.41) is 16.4. The Balaban J connectivity index is 1.25. The van der Waals surface area contributed by atoms with Gasteiger partial charge in [0.05, 0.1) is 16.3 Å². The minimum Gasteiger partial charge on any atom is -0.345 e. The van der Waals surface area contributed by atoms with Gasteiger partial charge in [-0.05, 0) is 46.8 Å². The molecule has 0 radical (unpaired) electrons. The normalized spacial score (nSPS) is 19.4. The first-order valence-corrected chi connectivity index (χ1v) is 12.7. The van der Waals surface area contributed by atoms with Gasteiger partial charge in [0.25, 0.3) is 0 Å². The van der Waals surface area contributed by atoms with Crippen molar-refractivity contribution in [2.75, 3.05) is 31.1 Å². The van der Waals surface area contributed by atoms with Crippen LogP contribution in [0.5, 0.6) is 0 Å². The van der Waals surface area contributed by atoms with Crippen LogP contribution in [0.2, 0.25) is 0 Å². The zero-order valence-electron chi connectivity index (χ0n) is 17.3. The van der Waals surface area contributed by atoms with Gasteiger partial charge in [0, 0.05) is 31.1 Å². The summed E-state index contributed by atoms with van der Waals surface area (Å²) in [4.78, 5) is 11.2. The predicted octanol–water partition coefficient (Wildman–Crippen LogP) is 4.37. The number of aromatic nitrogens is 5. The molecule has 0 spiro atoms. The zero-order chi connectivity index (χ0) is 20.6. The molecule has 9 heteroatoms. The minimum atomic E-state index is 0.119. The highest BCUT2D eigenvalue weighted by molar-refractivity contribution is 7.22. The molecule has 0 N–H and O–H groups in total.